The SMILES string of the molecule is COc1cc2cc(c1Cl)N(C)C(=O)C[C@H](OC(=O)[C@H](C)N(C)C(=O)c1ccc(N)c3cccnc13)[C@](C)(O)[C@@H](C)C[C@@H]1C[C@@](O)(NC(=O)O1)[C@H](OC)/C=C/C=C(\C)C2. The van der Waals surface area contributed by atoms with Gasteiger partial charge < -0.3 is 44.7 Å². The van der Waals surface area contributed by atoms with Crippen molar-refractivity contribution in [2.75, 3.05) is 38.9 Å². The number of allylic oxidation sites excluding steroid dienone is 3. The normalized spacial score (nSPS) is 27.7. The van der Waals surface area contributed by atoms with E-state index in [9.17, 15) is 29.4 Å². The summed E-state index contributed by atoms with van der Waals surface area (Å²) in [5.41, 5.74) is 5.25. The number of aliphatic hydroxyl groups is 2. The summed E-state index contributed by atoms with van der Waals surface area (Å²) < 4.78 is 22.8. The van der Waals surface area contributed by atoms with E-state index >= 15 is 0 Å². The molecule has 7 atom stereocenters. The van der Waals surface area contributed by atoms with Crippen molar-refractivity contribution in [2.45, 2.75) is 89.1 Å². The van der Waals surface area contributed by atoms with Crippen LogP contribution < -0.4 is 20.7 Å². The summed E-state index contributed by atoms with van der Waals surface area (Å²) in [6, 6.07) is 8.85. The Hall–Kier alpha value is -5.22. The van der Waals surface area contributed by atoms with Gasteiger partial charge in [-0.15, -0.1) is 0 Å². The summed E-state index contributed by atoms with van der Waals surface area (Å²) in [7, 11) is 5.80. The molecule has 0 radical (unpaired) electrons. The van der Waals surface area contributed by atoms with Crippen molar-refractivity contribution in [3.05, 3.63) is 82.5 Å². The molecule has 5 N–H and O–H groups in total. The van der Waals surface area contributed by atoms with E-state index in [1.165, 1.54) is 64.2 Å². The minimum atomic E-state index is -1.95. The molecule has 3 aromatic rings. The van der Waals surface area contributed by atoms with Crippen LogP contribution in [-0.2, 0) is 30.2 Å². The molecule has 3 amide bonds. The summed E-state index contributed by atoms with van der Waals surface area (Å²) in [5.74, 6) is -2.51. The first kappa shape index (κ1) is 43.9. The van der Waals surface area contributed by atoms with Gasteiger partial charge in [0.05, 0.1) is 30.3 Å². The van der Waals surface area contributed by atoms with Gasteiger partial charge in [-0.3, -0.25) is 19.9 Å². The van der Waals surface area contributed by atoms with Crippen LogP contribution in [0.15, 0.2) is 66.4 Å². The highest BCUT2D eigenvalue weighted by Crippen LogP contribution is 2.39. The summed E-state index contributed by atoms with van der Waals surface area (Å²) in [6.07, 6.45) is 2.12. The first-order valence-corrected chi connectivity index (χ1v) is 19.2. The molecular formula is C42H52ClN5O10. The number of benzene rings is 2. The lowest BCUT2D eigenvalue weighted by atomic mass is 9.79. The summed E-state index contributed by atoms with van der Waals surface area (Å²) in [4.78, 5) is 61.8. The maximum atomic E-state index is 14.2. The number of alkyl carbamates (subject to hydrolysis) is 1. The Morgan fingerprint density at radius 1 is 1.19 bits per heavy atom. The Morgan fingerprint density at radius 2 is 1.91 bits per heavy atom. The molecule has 0 saturated carbocycles. The Labute approximate surface area is 342 Å². The first-order valence-electron chi connectivity index (χ1n) is 18.8. The van der Waals surface area contributed by atoms with E-state index < -0.39 is 71.9 Å². The third kappa shape index (κ3) is 9.23. The van der Waals surface area contributed by atoms with E-state index in [4.69, 9.17) is 36.3 Å². The number of aromatic nitrogens is 1. The highest BCUT2D eigenvalue weighted by atomic mass is 35.5. The Bertz CT molecular complexity index is 2120. The van der Waals surface area contributed by atoms with Crippen LogP contribution >= 0.6 is 11.6 Å². The molecule has 2 aliphatic rings. The predicted molar refractivity (Wildman–Crippen MR) is 218 cm³/mol. The number of ether oxygens (including phenoxy) is 4. The topological polar surface area (TPSA) is 203 Å². The third-order valence-corrected chi connectivity index (χ3v) is 11.6. The second-order valence-electron chi connectivity index (χ2n) is 15.3. The lowest BCUT2D eigenvalue weighted by Gasteiger charge is -2.43. The molecule has 0 aliphatic carbocycles. The maximum Gasteiger partial charge on any atom is 0.409 e. The lowest BCUT2D eigenvalue weighted by Crippen LogP contribution is -2.63. The van der Waals surface area contributed by atoms with E-state index in [2.05, 4.69) is 10.3 Å². The van der Waals surface area contributed by atoms with Crippen LogP contribution in [0.2, 0.25) is 5.02 Å². The largest absolute Gasteiger partial charge is 0.495 e. The number of amides is 3. The number of methoxy groups -OCH3 is 2. The van der Waals surface area contributed by atoms with Crippen molar-refractivity contribution in [1.29, 1.82) is 0 Å². The predicted octanol–water partition coefficient (Wildman–Crippen LogP) is 4.94. The highest BCUT2D eigenvalue weighted by molar-refractivity contribution is 6.35. The Morgan fingerprint density at radius 3 is 2.60 bits per heavy atom. The molecule has 3 heterocycles. The number of rotatable bonds is 6. The summed E-state index contributed by atoms with van der Waals surface area (Å²) in [5, 5.41) is 27.2. The zero-order chi connectivity index (χ0) is 42.7. The molecule has 312 valence electrons. The molecule has 2 aliphatic heterocycles. The smallest absolute Gasteiger partial charge is 0.409 e. The lowest BCUT2D eigenvalue weighted by molar-refractivity contribution is -0.179. The van der Waals surface area contributed by atoms with E-state index in [0.29, 0.717) is 34.4 Å². The Kier molecular flexibility index (Phi) is 13.4. The molecule has 5 rings (SSSR count). The van der Waals surface area contributed by atoms with E-state index in [1.54, 1.807) is 49.4 Å². The van der Waals surface area contributed by atoms with Gasteiger partial charge in [-0.05, 0) is 81.5 Å². The fourth-order valence-corrected chi connectivity index (χ4v) is 7.57. The third-order valence-electron chi connectivity index (χ3n) is 11.2. The number of hydrogen-bond donors (Lipinski definition) is 4. The minimum Gasteiger partial charge on any atom is -0.495 e. The fourth-order valence-electron chi connectivity index (χ4n) is 7.26. The van der Waals surface area contributed by atoms with Gasteiger partial charge in [-0.1, -0.05) is 42.3 Å². The minimum absolute atomic E-state index is 0.0177. The number of hydrogen-bond acceptors (Lipinski definition) is 12. The van der Waals surface area contributed by atoms with E-state index in [0.717, 1.165) is 11.1 Å². The fraction of sp³-hybridized carbons (Fsp3) is 0.452. The van der Waals surface area contributed by atoms with Crippen LogP contribution in [0.25, 0.3) is 10.9 Å². The van der Waals surface area contributed by atoms with Gasteiger partial charge in [-0.25, -0.2) is 9.59 Å². The second-order valence-corrected chi connectivity index (χ2v) is 15.7. The molecule has 1 fully saturated rings. The molecule has 0 spiro atoms. The number of nitrogens with two attached hydrogens (primary N) is 1. The number of likely N-dealkylation sites (N-methyl/N-ethyl adjacent to an activating group) is 1. The van der Waals surface area contributed by atoms with E-state index in [-0.39, 0.29) is 23.4 Å². The molecule has 4 bridgehead atoms. The first-order chi connectivity index (χ1) is 27.3. The molecule has 1 saturated heterocycles. The van der Waals surface area contributed by atoms with Gasteiger partial charge in [0.2, 0.25) is 5.91 Å². The molecule has 58 heavy (non-hydrogen) atoms. The number of carbonyl (C=O) groups excluding carboxylic acids is 4. The maximum absolute atomic E-state index is 14.2. The molecule has 16 heteroatoms. The number of pyridine rings is 1. The van der Waals surface area contributed by atoms with Crippen LogP contribution in [0, 0.1) is 5.92 Å². The standard InChI is InChI=1S/C42H52ClN5O10/c1-23-11-9-13-33(56-8)42(54)22-27(57-40(52)46-42)18-24(2)41(4,53)34(21-35(49)48(6)31-19-26(17-23)20-32(55-7)36(31)43)58-39(51)25(3)47(5)38(50)29-14-15-30(44)28-12-10-16-45-37(28)29/h9-16,19-20,24-25,27,33-34,53-54H,17-18,21-22,44H2,1-8H3,(H,46,52)/b13-9+,23-11+/t24-,25-,27+,33+,34-,41+,42-/m0/s1. The molecule has 0 unspecified atom stereocenters. The Balaban J connectivity index is 1.53. The van der Waals surface area contributed by atoms with Gasteiger partial charge in [0.1, 0.15) is 40.7 Å². The monoisotopic (exact) mass is 821 g/mol. The number of anilines is 2. The van der Waals surface area contributed by atoms with Gasteiger partial charge in [0.15, 0.2) is 5.72 Å². The number of fused-ring (bicyclic) bond motifs is 5. The van der Waals surface area contributed by atoms with Crippen LogP contribution in [0.3, 0.4) is 0 Å². The summed E-state index contributed by atoms with van der Waals surface area (Å²) in [6.45, 7) is 6.43. The number of nitrogens with one attached hydrogen (secondary N) is 1. The van der Waals surface area contributed by atoms with Gasteiger partial charge in [0, 0.05) is 44.9 Å². The van der Waals surface area contributed by atoms with Crippen molar-refractivity contribution in [3.8, 4) is 5.75 Å². The number of nitrogen functional groups attached to an aromatic ring is 1. The zero-order valence-corrected chi connectivity index (χ0v) is 34.7. The van der Waals surface area contributed by atoms with Crippen LogP contribution in [0.4, 0.5) is 16.2 Å². The molecule has 2 aromatic carbocycles. The van der Waals surface area contributed by atoms with Crippen molar-refractivity contribution in [3.63, 3.8) is 0 Å². The van der Waals surface area contributed by atoms with Crippen molar-refractivity contribution < 1.29 is 48.3 Å². The van der Waals surface area contributed by atoms with Crippen LogP contribution in [0.1, 0.15) is 62.9 Å². The van der Waals surface area contributed by atoms with Gasteiger partial charge in [0.25, 0.3) is 5.91 Å². The number of halogens is 1. The van der Waals surface area contributed by atoms with Gasteiger partial charge >= 0.3 is 12.1 Å². The number of carbonyl (C=O) groups is 4. The molecule has 15 nitrogen and oxygen atoms in total. The average Bonchev–Trinajstić information content (AvgIpc) is 3.18. The quantitative estimate of drug-likeness (QED) is 0.193. The van der Waals surface area contributed by atoms with Crippen molar-refractivity contribution in [1.82, 2.24) is 15.2 Å². The number of esters is 1. The zero-order valence-electron chi connectivity index (χ0n) is 33.9. The van der Waals surface area contributed by atoms with Crippen LogP contribution in [0.5, 0.6) is 5.75 Å². The van der Waals surface area contributed by atoms with Crippen LogP contribution in [-0.4, -0.2) is 108 Å². The van der Waals surface area contributed by atoms with Crippen molar-refractivity contribution in [2.24, 2.45) is 5.92 Å². The number of nitrogens with zero attached hydrogens (tertiary/aromatic N) is 3. The highest BCUT2D eigenvalue weighted by Gasteiger charge is 2.48. The second kappa shape index (κ2) is 17.7. The van der Waals surface area contributed by atoms with Gasteiger partial charge in [-0.2, -0.15) is 0 Å². The summed E-state index contributed by atoms with van der Waals surface area (Å²) >= 11 is 6.77. The average molecular weight is 822 g/mol. The van der Waals surface area contributed by atoms with Crippen molar-refractivity contribution >= 4 is 57.8 Å². The molecular weight excluding hydrogens is 770 g/mol. The van der Waals surface area contributed by atoms with E-state index in [1.807, 2.05) is 13.0 Å². The molecule has 1 aromatic heterocycles.